The number of amides is 1. The molecule has 1 aliphatic heterocycles. The number of benzene rings is 2. The first kappa shape index (κ1) is 17.3. The van der Waals surface area contributed by atoms with Gasteiger partial charge in [0.1, 0.15) is 23.3 Å². The van der Waals surface area contributed by atoms with Crippen molar-refractivity contribution in [3.63, 3.8) is 0 Å². The van der Waals surface area contributed by atoms with Gasteiger partial charge in [0, 0.05) is 0 Å². The van der Waals surface area contributed by atoms with Crippen LogP contribution in [0.2, 0.25) is 0 Å². The van der Waals surface area contributed by atoms with Crippen molar-refractivity contribution in [3.05, 3.63) is 65.5 Å². The van der Waals surface area contributed by atoms with E-state index in [2.05, 4.69) is 5.32 Å². The number of carbonyl (C=O) groups is 1. The topological polar surface area (TPSA) is 47.6 Å². The van der Waals surface area contributed by atoms with E-state index in [1.165, 1.54) is 12.1 Å². The summed E-state index contributed by atoms with van der Waals surface area (Å²) in [5, 5.41) is 2.84. The van der Waals surface area contributed by atoms with Gasteiger partial charge in [-0.2, -0.15) is 0 Å². The van der Waals surface area contributed by atoms with Crippen molar-refractivity contribution >= 4 is 6.09 Å². The van der Waals surface area contributed by atoms with Crippen LogP contribution in [0.3, 0.4) is 0 Å². The first-order valence-corrected chi connectivity index (χ1v) is 8.31. The second kappa shape index (κ2) is 6.75. The third-order valence-corrected chi connectivity index (χ3v) is 3.88. The van der Waals surface area contributed by atoms with Gasteiger partial charge in [-0.15, -0.1) is 0 Å². The van der Waals surface area contributed by atoms with Gasteiger partial charge >= 0.3 is 6.09 Å². The molecular weight excluding hydrogens is 321 g/mol. The van der Waals surface area contributed by atoms with Crippen LogP contribution in [0.15, 0.2) is 48.5 Å². The smallest absolute Gasteiger partial charge is 0.408 e. The molecule has 132 valence electrons. The monoisotopic (exact) mass is 343 g/mol. The Morgan fingerprint density at radius 2 is 1.88 bits per heavy atom. The van der Waals surface area contributed by atoms with Crippen molar-refractivity contribution in [1.29, 1.82) is 0 Å². The Labute approximate surface area is 147 Å². The SMILES string of the molecule is CC(C)(C)Oc1cccc(CC2NC(=O)OC2c2ccc(F)cc2)c1. The summed E-state index contributed by atoms with van der Waals surface area (Å²) in [4.78, 5) is 11.7. The lowest BCUT2D eigenvalue weighted by atomic mass is 9.96. The molecule has 0 bridgehead atoms. The molecule has 0 spiro atoms. The molecule has 5 heteroatoms. The van der Waals surface area contributed by atoms with Crippen LogP contribution in [0.4, 0.5) is 9.18 Å². The van der Waals surface area contributed by atoms with Gasteiger partial charge in [-0.05, 0) is 62.6 Å². The maximum absolute atomic E-state index is 13.1. The van der Waals surface area contributed by atoms with Crippen LogP contribution < -0.4 is 10.1 Å². The zero-order valence-corrected chi connectivity index (χ0v) is 14.6. The van der Waals surface area contributed by atoms with E-state index < -0.39 is 12.2 Å². The highest BCUT2D eigenvalue weighted by Gasteiger charge is 2.35. The van der Waals surface area contributed by atoms with E-state index in [1.54, 1.807) is 12.1 Å². The molecular formula is C20H22FNO3. The molecule has 2 aromatic carbocycles. The molecule has 1 aliphatic rings. The van der Waals surface area contributed by atoms with Gasteiger partial charge in [0.05, 0.1) is 6.04 Å². The van der Waals surface area contributed by atoms with E-state index in [-0.39, 0.29) is 17.5 Å². The van der Waals surface area contributed by atoms with Crippen LogP contribution in [0.5, 0.6) is 5.75 Å². The fourth-order valence-corrected chi connectivity index (χ4v) is 2.91. The average Bonchev–Trinajstić information content (AvgIpc) is 2.87. The second-order valence-electron chi connectivity index (χ2n) is 7.19. The van der Waals surface area contributed by atoms with Gasteiger partial charge in [0.15, 0.2) is 0 Å². The Balaban J connectivity index is 1.77. The van der Waals surface area contributed by atoms with Gasteiger partial charge in [-0.25, -0.2) is 9.18 Å². The molecule has 1 amide bonds. The van der Waals surface area contributed by atoms with Crippen molar-refractivity contribution in [2.45, 2.75) is 44.9 Å². The lowest BCUT2D eigenvalue weighted by Gasteiger charge is -2.22. The van der Waals surface area contributed by atoms with E-state index in [0.29, 0.717) is 6.42 Å². The average molecular weight is 343 g/mol. The van der Waals surface area contributed by atoms with E-state index in [9.17, 15) is 9.18 Å². The minimum absolute atomic E-state index is 0.220. The van der Waals surface area contributed by atoms with Crippen molar-refractivity contribution in [3.8, 4) is 5.75 Å². The maximum atomic E-state index is 13.1. The predicted octanol–water partition coefficient (Wildman–Crippen LogP) is 4.40. The molecule has 2 unspecified atom stereocenters. The number of hydrogen-bond acceptors (Lipinski definition) is 3. The summed E-state index contributed by atoms with van der Waals surface area (Å²) in [5.74, 6) is 0.471. The van der Waals surface area contributed by atoms with E-state index in [4.69, 9.17) is 9.47 Å². The largest absolute Gasteiger partial charge is 0.488 e. The highest BCUT2D eigenvalue weighted by Crippen LogP contribution is 2.29. The summed E-state index contributed by atoms with van der Waals surface area (Å²) in [6, 6.07) is 13.6. The number of hydrogen-bond donors (Lipinski definition) is 1. The minimum Gasteiger partial charge on any atom is -0.488 e. The number of ether oxygens (including phenoxy) is 2. The van der Waals surface area contributed by atoms with Crippen LogP contribution in [-0.4, -0.2) is 17.7 Å². The molecule has 2 atom stereocenters. The first-order valence-electron chi connectivity index (χ1n) is 8.31. The summed E-state index contributed by atoms with van der Waals surface area (Å²) in [6.45, 7) is 5.99. The zero-order chi connectivity index (χ0) is 18.0. The molecule has 3 rings (SSSR count). The van der Waals surface area contributed by atoms with Crippen LogP contribution >= 0.6 is 0 Å². The summed E-state index contributed by atoms with van der Waals surface area (Å²) in [5.41, 5.74) is 1.52. The summed E-state index contributed by atoms with van der Waals surface area (Å²) >= 11 is 0. The fourth-order valence-electron chi connectivity index (χ4n) is 2.91. The van der Waals surface area contributed by atoms with Gasteiger partial charge in [-0.1, -0.05) is 24.3 Å². The van der Waals surface area contributed by atoms with Crippen molar-refractivity contribution in [1.82, 2.24) is 5.32 Å². The minimum atomic E-state index is -0.457. The van der Waals surface area contributed by atoms with Crippen LogP contribution in [0.1, 0.15) is 38.0 Å². The second-order valence-corrected chi connectivity index (χ2v) is 7.19. The predicted molar refractivity (Wildman–Crippen MR) is 93.1 cm³/mol. The third kappa shape index (κ3) is 4.50. The van der Waals surface area contributed by atoms with E-state index in [0.717, 1.165) is 16.9 Å². The molecule has 0 aromatic heterocycles. The highest BCUT2D eigenvalue weighted by molar-refractivity contribution is 5.70. The molecule has 0 aliphatic carbocycles. The Kier molecular flexibility index (Phi) is 4.66. The zero-order valence-electron chi connectivity index (χ0n) is 14.6. The van der Waals surface area contributed by atoms with E-state index in [1.807, 2.05) is 45.0 Å². The third-order valence-electron chi connectivity index (χ3n) is 3.88. The number of alkyl carbamates (subject to hydrolysis) is 1. The van der Waals surface area contributed by atoms with Gasteiger partial charge in [-0.3, -0.25) is 0 Å². The molecule has 1 heterocycles. The molecule has 1 fully saturated rings. The van der Waals surface area contributed by atoms with Gasteiger partial charge < -0.3 is 14.8 Å². The van der Waals surface area contributed by atoms with Crippen LogP contribution in [0, 0.1) is 5.82 Å². The standard InChI is InChI=1S/C20H22FNO3/c1-20(2,3)25-16-6-4-5-13(11-16)12-17-18(24-19(23)22-17)14-7-9-15(21)10-8-14/h4-11,17-18H,12H2,1-3H3,(H,22,23). The normalized spacial score (nSPS) is 20.1. The van der Waals surface area contributed by atoms with Crippen LogP contribution in [-0.2, 0) is 11.2 Å². The lowest BCUT2D eigenvalue weighted by Crippen LogP contribution is -2.30. The molecule has 1 N–H and O–H groups in total. The number of carbonyl (C=O) groups excluding carboxylic acids is 1. The molecule has 0 radical (unpaired) electrons. The molecule has 1 saturated heterocycles. The van der Waals surface area contributed by atoms with Crippen molar-refractivity contribution in [2.75, 3.05) is 0 Å². The molecule has 4 nitrogen and oxygen atoms in total. The van der Waals surface area contributed by atoms with E-state index >= 15 is 0 Å². The Bertz CT molecular complexity index is 752. The fraction of sp³-hybridized carbons (Fsp3) is 0.350. The number of rotatable bonds is 4. The summed E-state index contributed by atoms with van der Waals surface area (Å²) in [6.07, 6.45) is -0.309. The highest BCUT2D eigenvalue weighted by atomic mass is 19.1. The number of halogens is 1. The molecule has 25 heavy (non-hydrogen) atoms. The number of nitrogens with one attached hydrogen (secondary N) is 1. The van der Waals surface area contributed by atoms with Gasteiger partial charge in [0.25, 0.3) is 0 Å². The first-order chi connectivity index (χ1) is 11.8. The Morgan fingerprint density at radius 1 is 1.16 bits per heavy atom. The summed E-state index contributed by atoms with van der Waals surface area (Å²) in [7, 11) is 0. The summed E-state index contributed by atoms with van der Waals surface area (Å²) < 4.78 is 24.4. The Morgan fingerprint density at radius 3 is 2.56 bits per heavy atom. The molecule has 0 saturated carbocycles. The van der Waals surface area contributed by atoms with Gasteiger partial charge in [0.2, 0.25) is 0 Å². The quantitative estimate of drug-likeness (QED) is 0.895. The number of cyclic esters (lactones) is 1. The maximum Gasteiger partial charge on any atom is 0.408 e. The lowest BCUT2D eigenvalue weighted by molar-refractivity contribution is 0.129. The van der Waals surface area contributed by atoms with Crippen molar-refractivity contribution < 1.29 is 18.7 Å². The van der Waals surface area contributed by atoms with Crippen molar-refractivity contribution in [2.24, 2.45) is 0 Å². The molecule has 2 aromatic rings. The Hall–Kier alpha value is -2.56. The van der Waals surface area contributed by atoms with Crippen LogP contribution in [0.25, 0.3) is 0 Å².